The van der Waals surface area contributed by atoms with Crippen LogP contribution < -0.4 is 0 Å². The summed E-state index contributed by atoms with van der Waals surface area (Å²) in [5, 5.41) is 9.89. The van der Waals surface area contributed by atoms with Gasteiger partial charge in [0, 0.05) is 31.6 Å². The van der Waals surface area contributed by atoms with Crippen LogP contribution in [0.25, 0.3) is 0 Å². The number of amidine groups is 1. The fraction of sp³-hybridized carbons (Fsp3) is 0.556. The van der Waals surface area contributed by atoms with Crippen LogP contribution in [0, 0.1) is 5.41 Å². The molecule has 0 aromatic carbocycles. The van der Waals surface area contributed by atoms with Crippen LogP contribution >= 0.6 is 11.3 Å². The fourth-order valence-corrected chi connectivity index (χ4v) is 2.06. The summed E-state index contributed by atoms with van der Waals surface area (Å²) in [4.78, 5) is 8.52. The summed E-state index contributed by atoms with van der Waals surface area (Å²) < 4.78 is 0. The van der Waals surface area contributed by atoms with Crippen molar-refractivity contribution in [2.45, 2.75) is 0 Å². The average Bonchev–Trinajstić information content (AvgIpc) is 2.71. The van der Waals surface area contributed by atoms with Gasteiger partial charge >= 0.3 is 0 Å². The molecule has 4 nitrogen and oxygen atoms in total. The van der Waals surface area contributed by atoms with Crippen LogP contribution in [-0.2, 0) is 0 Å². The van der Waals surface area contributed by atoms with Crippen LogP contribution in [0.1, 0.15) is 5.69 Å². The van der Waals surface area contributed by atoms with Gasteiger partial charge in [-0.25, -0.2) is 4.98 Å². The Labute approximate surface area is 87.7 Å². The first kappa shape index (κ1) is 9.61. The third-order valence-corrected chi connectivity index (χ3v) is 3.08. The van der Waals surface area contributed by atoms with Gasteiger partial charge in [-0.15, -0.1) is 11.3 Å². The monoisotopic (exact) mass is 210 g/mol. The second-order valence-electron chi connectivity index (χ2n) is 3.51. The van der Waals surface area contributed by atoms with E-state index in [1.807, 2.05) is 5.38 Å². The molecule has 1 saturated heterocycles. The van der Waals surface area contributed by atoms with Gasteiger partial charge in [0.05, 0.1) is 5.51 Å². The molecule has 0 amide bonds. The van der Waals surface area contributed by atoms with Crippen molar-refractivity contribution in [3.8, 4) is 0 Å². The second-order valence-corrected chi connectivity index (χ2v) is 4.23. The van der Waals surface area contributed by atoms with Crippen LogP contribution in [-0.4, -0.2) is 53.8 Å². The number of aromatic nitrogens is 1. The van der Waals surface area contributed by atoms with Crippen molar-refractivity contribution in [2.24, 2.45) is 0 Å². The number of nitrogens with one attached hydrogen (secondary N) is 1. The van der Waals surface area contributed by atoms with E-state index < -0.39 is 0 Å². The molecule has 76 valence electrons. The largest absolute Gasteiger partial charge is 0.353 e. The Morgan fingerprint density at radius 3 is 2.71 bits per heavy atom. The van der Waals surface area contributed by atoms with Gasteiger partial charge in [0.2, 0.25) is 0 Å². The summed E-state index contributed by atoms with van der Waals surface area (Å²) in [6.45, 7) is 3.94. The van der Waals surface area contributed by atoms with Crippen molar-refractivity contribution in [2.75, 3.05) is 33.2 Å². The molecular weight excluding hydrogens is 196 g/mol. The van der Waals surface area contributed by atoms with E-state index in [1.165, 1.54) is 0 Å². The lowest BCUT2D eigenvalue weighted by Gasteiger charge is -2.33. The zero-order valence-electron chi connectivity index (χ0n) is 8.23. The van der Waals surface area contributed by atoms with Crippen LogP contribution in [0.2, 0.25) is 0 Å². The molecule has 1 aromatic heterocycles. The van der Waals surface area contributed by atoms with Crippen LogP contribution in [0.15, 0.2) is 10.9 Å². The predicted octanol–water partition coefficient (Wildman–Crippen LogP) is 0.716. The highest BCUT2D eigenvalue weighted by molar-refractivity contribution is 7.07. The Morgan fingerprint density at radius 2 is 2.14 bits per heavy atom. The van der Waals surface area contributed by atoms with Crippen molar-refractivity contribution >= 4 is 17.2 Å². The molecule has 1 aromatic rings. The molecule has 0 saturated carbocycles. The standard InChI is InChI=1S/C9H14N4S/c1-12-2-4-13(5-3-12)9(10)8-6-14-7-11-8/h6-7,10H,2-5H2,1H3. The van der Waals surface area contributed by atoms with Gasteiger partial charge in [-0.2, -0.15) is 0 Å². The maximum absolute atomic E-state index is 7.96. The highest BCUT2D eigenvalue weighted by Crippen LogP contribution is 2.07. The molecule has 1 aliphatic rings. The van der Waals surface area contributed by atoms with Gasteiger partial charge in [0.25, 0.3) is 0 Å². The van der Waals surface area contributed by atoms with E-state index in [-0.39, 0.29) is 0 Å². The lowest BCUT2D eigenvalue weighted by atomic mass is 10.3. The van der Waals surface area contributed by atoms with Gasteiger partial charge < -0.3 is 9.80 Å². The molecule has 0 atom stereocenters. The number of likely N-dealkylation sites (N-methyl/N-ethyl adjacent to an activating group) is 1. The fourth-order valence-electron chi connectivity index (χ4n) is 1.52. The first-order valence-corrected chi connectivity index (χ1v) is 5.62. The molecule has 5 heteroatoms. The molecule has 1 N–H and O–H groups in total. The highest BCUT2D eigenvalue weighted by Gasteiger charge is 2.18. The van der Waals surface area contributed by atoms with Gasteiger partial charge in [-0.3, -0.25) is 5.41 Å². The molecule has 1 aliphatic heterocycles. The third kappa shape index (κ3) is 1.93. The topological polar surface area (TPSA) is 43.2 Å². The number of piperazine rings is 1. The van der Waals surface area contributed by atoms with E-state index in [0.29, 0.717) is 5.84 Å². The molecule has 0 spiro atoms. The quantitative estimate of drug-likeness (QED) is 0.548. The molecule has 14 heavy (non-hydrogen) atoms. The zero-order valence-corrected chi connectivity index (χ0v) is 9.05. The van der Waals surface area contributed by atoms with Crippen molar-refractivity contribution in [1.82, 2.24) is 14.8 Å². The second kappa shape index (κ2) is 4.06. The van der Waals surface area contributed by atoms with Crippen molar-refractivity contribution in [3.63, 3.8) is 0 Å². The molecule has 0 unspecified atom stereocenters. The predicted molar refractivity (Wildman–Crippen MR) is 58.0 cm³/mol. The number of thiazole rings is 1. The third-order valence-electron chi connectivity index (χ3n) is 2.49. The van der Waals surface area contributed by atoms with E-state index in [4.69, 9.17) is 5.41 Å². The minimum absolute atomic E-state index is 0.569. The van der Waals surface area contributed by atoms with E-state index in [0.717, 1.165) is 31.9 Å². The van der Waals surface area contributed by atoms with Crippen molar-refractivity contribution in [3.05, 3.63) is 16.6 Å². The number of rotatable bonds is 1. The summed E-state index contributed by atoms with van der Waals surface area (Å²) in [7, 11) is 2.11. The van der Waals surface area contributed by atoms with Gasteiger partial charge in [0.15, 0.2) is 0 Å². The van der Waals surface area contributed by atoms with Crippen LogP contribution in [0.5, 0.6) is 0 Å². The maximum Gasteiger partial charge on any atom is 0.148 e. The van der Waals surface area contributed by atoms with Crippen LogP contribution in [0.4, 0.5) is 0 Å². The Kier molecular flexibility index (Phi) is 2.79. The number of hydrogen-bond acceptors (Lipinski definition) is 4. The van der Waals surface area contributed by atoms with Crippen LogP contribution in [0.3, 0.4) is 0 Å². The van der Waals surface area contributed by atoms with E-state index in [1.54, 1.807) is 16.8 Å². The summed E-state index contributed by atoms with van der Waals surface area (Å²) in [6.07, 6.45) is 0. The van der Waals surface area contributed by atoms with E-state index in [9.17, 15) is 0 Å². The first-order valence-electron chi connectivity index (χ1n) is 4.68. The summed E-state index contributed by atoms with van der Waals surface area (Å²) in [5.41, 5.74) is 2.58. The molecular formula is C9H14N4S. The van der Waals surface area contributed by atoms with Crippen molar-refractivity contribution < 1.29 is 0 Å². The summed E-state index contributed by atoms with van der Waals surface area (Å²) in [5.74, 6) is 0.569. The smallest absolute Gasteiger partial charge is 0.148 e. The highest BCUT2D eigenvalue weighted by atomic mass is 32.1. The summed E-state index contributed by atoms with van der Waals surface area (Å²) in [6, 6.07) is 0. The normalized spacial score (nSPS) is 18.5. The Balaban J connectivity index is 1.99. The Bertz CT molecular complexity index is 301. The molecule has 2 rings (SSSR count). The lowest BCUT2D eigenvalue weighted by molar-refractivity contribution is 0.215. The maximum atomic E-state index is 7.96. The lowest BCUT2D eigenvalue weighted by Crippen LogP contribution is -2.47. The van der Waals surface area contributed by atoms with E-state index >= 15 is 0 Å². The molecule has 2 heterocycles. The zero-order chi connectivity index (χ0) is 9.97. The van der Waals surface area contributed by atoms with Gasteiger partial charge in [-0.1, -0.05) is 0 Å². The first-order chi connectivity index (χ1) is 6.77. The number of nitrogens with zero attached hydrogens (tertiary/aromatic N) is 3. The average molecular weight is 210 g/mol. The van der Waals surface area contributed by atoms with Gasteiger partial charge in [-0.05, 0) is 7.05 Å². The summed E-state index contributed by atoms with van der Waals surface area (Å²) >= 11 is 1.54. The van der Waals surface area contributed by atoms with Gasteiger partial charge in [0.1, 0.15) is 11.5 Å². The Hall–Kier alpha value is -0.940. The molecule has 0 radical (unpaired) electrons. The molecule has 0 aliphatic carbocycles. The van der Waals surface area contributed by atoms with E-state index in [2.05, 4.69) is 21.8 Å². The Morgan fingerprint density at radius 1 is 1.43 bits per heavy atom. The molecule has 1 fully saturated rings. The SMILES string of the molecule is CN1CCN(C(=N)c2cscn2)CC1. The minimum atomic E-state index is 0.569. The molecule has 0 bridgehead atoms. The minimum Gasteiger partial charge on any atom is -0.353 e. The van der Waals surface area contributed by atoms with Crippen molar-refractivity contribution in [1.29, 1.82) is 5.41 Å². The number of hydrogen-bond donors (Lipinski definition) is 1.